The molecule has 1 N–H and O–H groups in total. The molecular weight excluding hydrogens is 244 g/mol. The summed E-state index contributed by atoms with van der Waals surface area (Å²) in [4.78, 5) is 1.22. The predicted molar refractivity (Wildman–Crippen MR) is 74.7 cm³/mol. The average molecular weight is 262 g/mol. The van der Waals surface area contributed by atoms with E-state index in [2.05, 4.69) is 5.10 Å². The van der Waals surface area contributed by atoms with E-state index in [0.29, 0.717) is 0 Å². The molecule has 4 heteroatoms. The number of rotatable bonds is 5. The van der Waals surface area contributed by atoms with Gasteiger partial charge in [-0.2, -0.15) is 5.10 Å². The second-order valence-corrected chi connectivity index (χ2v) is 5.23. The van der Waals surface area contributed by atoms with Gasteiger partial charge in [0, 0.05) is 18.1 Å². The average Bonchev–Trinajstić information content (AvgIpc) is 2.82. The van der Waals surface area contributed by atoms with E-state index in [4.69, 9.17) is 0 Å². The van der Waals surface area contributed by atoms with Crippen molar-refractivity contribution in [2.75, 3.05) is 6.26 Å². The first kappa shape index (κ1) is 13.2. The summed E-state index contributed by atoms with van der Waals surface area (Å²) in [7, 11) is 1.90. The Labute approximate surface area is 112 Å². The molecule has 1 aromatic carbocycles. The molecule has 96 valence electrons. The highest BCUT2D eigenvalue weighted by Gasteiger charge is 2.08. The summed E-state index contributed by atoms with van der Waals surface area (Å²) in [6.45, 7) is 0. The van der Waals surface area contributed by atoms with Crippen LogP contribution in [-0.2, 0) is 13.5 Å². The largest absolute Gasteiger partial charge is 0.388 e. The first-order valence-electron chi connectivity index (χ1n) is 5.98. The second-order valence-electron chi connectivity index (χ2n) is 4.35. The van der Waals surface area contributed by atoms with Crippen LogP contribution in [0.15, 0.2) is 41.6 Å². The summed E-state index contributed by atoms with van der Waals surface area (Å²) in [5.41, 5.74) is 2.15. The first-order chi connectivity index (χ1) is 8.69. The van der Waals surface area contributed by atoms with E-state index in [9.17, 15) is 5.11 Å². The van der Waals surface area contributed by atoms with Gasteiger partial charge in [0.25, 0.3) is 0 Å². The Kier molecular flexibility index (Phi) is 4.44. The van der Waals surface area contributed by atoms with Gasteiger partial charge in [0.2, 0.25) is 0 Å². The van der Waals surface area contributed by atoms with Gasteiger partial charge in [0.1, 0.15) is 0 Å². The molecule has 3 nitrogen and oxygen atoms in total. The Bertz CT molecular complexity index is 493. The second kappa shape index (κ2) is 6.07. The van der Waals surface area contributed by atoms with Gasteiger partial charge in [-0.3, -0.25) is 4.68 Å². The lowest BCUT2D eigenvalue weighted by Gasteiger charge is -2.10. The number of benzene rings is 1. The van der Waals surface area contributed by atoms with E-state index in [1.165, 1.54) is 4.90 Å². The molecule has 0 aliphatic carbocycles. The number of aryl methyl sites for hydroxylation is 2. The lowest BCUT2D eigenvalue weighted by molar-refractivity contribution is 0.168. The monoisotopic (exact) mass is 262 g/mol. The molecule has 1 atom stereocenters. The number of hydrogen-bond donors (Lipinski definition) is 1. The molecule has 0 amide bonds. The number of aliphatic hydroxyl groups is 1. The Balaban J connectivity index is 1.92. The van der Waals surface area contributed by atoms with Gasteiger partial charge in [0.15, 0.2) is 0 Å². The van der Waals surface area contributed by atoms with Crippen LogP contribution in [0.25, 0.3) is 0 Å². The Morgan fingerprint density at radius 3 is 2.61 bits per heavy atom. The predicted octanol–water partition coefficient (Wildman–Crippen LogP) is 2.81. The van der Waals surface area contributed by atoms with E-state index in [0.717, 1.165) is 24.0 Å². The smallest absolute Gasteiger partial charge is 0.0793 e. The Morgan fingerprint density at radius 2 is 2.06 bits per heavy atom. The first-order valence-corrected chi connectivity index (χ1v) is 7.21. The van der Waals surface area contributed by atoms with Gasteiger partial charge in [-0.25, -0.2) is 0 Å². The third-order valence-electron chi connectivity index (χ3n) is 2.97. The zero-order valence-electron chi connectivity index (χ0n) is 10.7. The van der Waals surface area contributed by atoms with Crippen molar-refractivity contribution in [2.24, 2.45) is 7.05 Å². The molecule has 0 radical (unpaired) electrons. The number of nitrogens with zero attached hydrogens (tertiary/aromatic N) is 2. The fourth-order valence-electron chi connectivity index (χ4n) is 1.90. The molecular formula is C14H18N2OS. The Hall–Kier alpha value is -1.26. The van der Waals surface area contributed by atoms with Crippen molar-refractivity contribution in [3.8, 4) is 0 Å². The lowest BCUT2D eigenvalue weighted by atomic mass is 10.0. The molecule has 0 aliphatic rings. The van der Waals surface area contributed by atoms with Crippen LogP contribution < -0.4 is 0 Å². The molecule has 0 aliphatic heterocycles. The van der Waals surface area contributed by atoms with E-state index in [-0.39, 0.29) is 0 Å². The Morgan fingerprint density at radius 1 is 1.33 bits per heavy atom. The van der Waals surface area contributed by atoms with E-state index >= 15 is 0 Å². The molecule has 0 fully saturated rings. The van der Waals surface area contributed by atoms with Crippen LogP contribution >= 0.6 is 11.8 Å². The van der Waals surface area contributed by atoms with Crippen molar-refractivity contribution in [1.29, 1.82) is 0 Å². The molecule has 18 heavy (non-hydrogen) atoms. The zero-order chi connectivity index (χ0) is 13.0. The van der Waals surface area contributed by atoms with Gasteiger partial charge in [-0.05, 0) is 42.4 Å². The van der Waals surface area contributed by atoms with Crippen LogP contribution in [-0.4, -0.2) is 21.1 Å². The van der Waals surface area contributed by atoms with Crippen molar-refractivity contribution < 1.29 is 5.11 Å². The van der Waals surface area contributed by atoms with Crippen LogP contribution in [0.5, 0.6) is 0 Å². The maximum Gasteiger partial charge on any atom is 0.0793 e. The van der Waals surface area contributed by atoms with Crippen molar-refractivity contribution in [3.63, 3.8) is 0 Å². The fraction of sp³-hybridized carbons (Fsp3) is 0.357. The molecule has 2 rings (SSSR count). The quantitative estimate of drug-likeness (QED) is 0.842. The van der Waals surface area contributed by atoms with Crippen LogP contribution in [0.3, 0.4) is 0 Å². The van der Waals surface area contributed by atoms with E-state index < -0.39 is 6.10 Å². The zero-order valence-corrected chi connectivity index (χ0v) is 11.5. The van der Waals surface area contributed by atoms with Gasteiger partial charge in [0.05, 0.1) is 12.3 Å². The normalized spacial score (nSPS) is 12.6. The fourth-order valence-corrected chi connectivity index (χ4v) is 2.31. The van der Waals surface area contributed by atoms with Crippen LogP contribution in [0.4, 0.5) is 0 Å². The SMILES string of the molecule is CSc1ccc(C(O)CCc2cnn(C)c2)cc1. The summed E-state index contributed by atoms with van der Waals surface area (Å²) >= 11 is 1.71. The van der Waals surface area contributed by atoms with Crippen molar-refractivity contribution >= 4 is 11.8 Å². The number of aliphatic hydroxyl groups excluding tert-OH is 1. The molecule has 0 saturated heterocycles. The highest BCUT2D eigenvalue weighted by Crippen LogP contribution is 2.22. The third kappa shape index (κ3) is 3.37. The maximum absolute atomic E-state index is 10.1. The molecule has 1 heterocycles. The summed E-state index contributed by atoms with van der Waals surface area (Å²) in [5, 5.41) is 14.2. The van der Waals surface area contributed by atoms with E-state index in [1.807, 2.05) is 50.0 Å². The molecule has 1 aromatic heterocycles. The van der Waals surface area contributed by atoms with Crippen LogP contribution in [0, 0.1) is 0 Å². The summed E-state index contributed by atoms with van der Waals surface area (Å²) < 4.78 is 1.79. The highest BCUT2D eigenvalue weighted by molar-refractivity contribution is 7.98. The topological polar surface area (TPSA) is 38.1 Å². The van der Waals surface area contributed by atoms with E-state index in [1.54, 1.807) is 16.4 Å². The summed E-state index contributed by atoms with van der Waals surface area (Å²) in [5.74, 6) is 0. The van der Waals surface area contributed by atoms with Crippen molar-refractivity contribution in [3.05, 3.63) is 47.8 Å². The minimum atomic E-state index is -0.402. The minimum absolute atomic E-state index is 0.402. The number of hydrogen-bond acceptors (Lipinski definition) is 3. The highest BCUT2D eigenvalue weighted by atomic mass is 32.2. The van der Waals surface area contributed by atoms with Crippen molar-refractivity contribution in [2.45, 2.75) is 23.8 Å². The van der Waals surface area contributed by atoms with Crippen LogP contribution in [0.2, 0.25) is 0 Å². The molecule has 1 unspecified atom stereocenters. The van der Waals surface area contributed by atoms with Gasteiger partial charge < -0.3 is 5.11 Å². The maximum atomic E-state index is 10.1. The number of aromatic nitrogens is 2. The van der Waals surface area contributed by atoms with Gasteiger partial charge >= 0.3 is 0 Å². The third-order valence-corrected chi connectivity index (χ3v) is 3.71. The number of thioether (sulfide) groups is 1. The summed E-state index contributed by atoms with van der Waals surface area (Å²) in [6, 6.07) is 8.10. The molecule has 0 spiro atoms. The van der Waals surface area contributed by atoms with Gasteiger partial charge in [-0.15, -0.1) is 11.8 Å². The molecule has 2 aromatic rings. The lowest BCUT2D eigenvalue weighted by Crippen LogP contribution is -1.99. The molecule has 0 bridgehead atoms. The van der Waals surface area contributed by atoms with Gasteiger partial charge in [-0.1, -0.05) is 12.1 Å². The molecule has 0 saturated carbocycles. The van der Waals surface area contributed by atoms with Crippen molar-refractivity contribution in [1.82, 2.24) is 9.78 Å². The minimum Gasteiger partial charge on any atom is -0.388 e. The van der Waals surface area contributed by atoms with Crippen LogP contribution in [0.1, 0.15) is 23.7 Å². The standard InChI is InChI=1S/C14H18N2OS/c1-16-10-11(9-15-16)3-8-14(17)12-4-6-13(18-2)7-5-12/h4-7,9-10,14,17H,3,8H2,1-2H3. The summed E-state index contributed by atoms with van der Waals surface area (Å²) in [6.07, 6.45) is 7.06.